The molecule has 2 fully saturated rings. The van der Waals surface area contributed by atoms with Crippen molar-refractivity contribution in [3.05, 3.63) is 23.8 Å². The van der Waals surface area contributed by atoms with Crippen LogP contribution in [0.15, 0.2) is 18.2 Å². The average Bonchev–Trinajstić information content (AvgIpc) is 2.75. The standard InChI is InChI=1S/C21H29N3O5/c1-22-18(25)21(19(26)23(2)20(22)27,14-24-10-6-5-7-11-24)13-15-8-9-16(28-3)17(12-15)29-4/h8-9,12H,5-7,10-11,13-14H2,1-4H3/p+1. The van der Waals surface area contributed by atoms with E-state index in [9.17, 15) is 14.4 Å². The lowest BCUT2D eigenvalue weighted by Crippen LogP contribution is -3.14. The third kappa shape index (κ3) is 3.81. The van der Waals surface area contributed by atoms with E-state index in [0.717, 1.165) is 41.3 Å². The minimum absolute atomic E-state index is 0.205. The molecule has 0 bridgehead atoms. The number of nitrogens with zero attached hydrogens (tertiary/aromatic N) is 2. The van der Waals surface area contributed by atoms with Crippen molar-refractivity contribution < 1.29 is 28.8 Å². The van der Waals surface area contributed by atoms with Gasteiger partial charge in [0.05, 0.1) is 27.3 Å². The fraction of sp³-hybridized carbons (Fsp3) is 0.571. The summed E-state index contributed by atoms with van der Waals surface area (Å²) in [5, 5.41) is 0. The molecule has 2 aliphatic heterocycles. The zero-order chi connectivity index (χ0) is 21.2. The molecular formula is C21H30N3O5+. The van der Waals surface area contributed by atoms with Crippen LogP contribution in [0.4, 0.5) is 4.79 Å². The molecule has 0 unspecified atom stereocenters. The number of carbonyl (C=O) groups excluding carboxylic acids is 3. The van der Waals surface area contributed by atoms with Crippen LogP contribution < -0.4 is 14.4 Å². The Morgan fingerprint density at radius 2 is 1.52 bits per heavy atom. The molecule has 3 rings (SSSR count). The predicted molar refractivity (Wildman–Crippen MR) is 106 cm³/mol. The summed E-state index contributed by atoms with van der Waals surface area (Å²) in [6.07, 6.45) is 3.53. The number of benzene rings is 1. The van der Waals surface area contributed by atoms with Crippen LogP contribution in [0.5, 0.6) is 11.5 Å². The first-order valence-electron chi connectivity index (χ1n) is 9.99. The second-order valence-corrected chi connectivity index (χ2v) is 7.95. The molecule has 0 spiro atoms. The van der Waals surface area contributed by atoms with Gasteiger partial charge < -0.3 is 14.4 Å². The minimum atomic E-state index is -1.32. The van der Waals surface area contributed by atoms with E-state index in [0.29, 0.717) is 18.0 Å². The van der Waals surface area contributed by atoms with Crippen LogP contribution in [-0.4, -0.2) is 75.6 Å². The molecule has 4 amide bonds. The summed E-state index contributed by atoms with van der Waals surface area (Å²) in [6, 6.07) is 4.82. The molecule has 1 N–H and O–H groups in total. The molecule has 0 radical (unpaired) electrons. The van der Waals surface area contributed by atoms with Gasteiger partial charge in [-0.2, -0.15) is 0 Å². The van der Waals surface area contributed by atoms with Crippen molar-refractivity contribution in [1.82, 2.24) is 9.80 Å². The summed E-state index contributed by atoms with van der Waals surface area (Å²) in [5.41, 5.74) is -0.527. The number of hydrogen-bond donors (Lipinski definition) is 1. The lowest BCUT2D eigenvalue weighted by atomic mass is 9.76. The van der Waals surface area contributed by atoms with Crippen LogP contribution in [-0.2, 0) is 16.0 Å². The second-order valence-electron chi connectivity index (χ2n) is 7.95. The van der Waals surface area contributed by atoms with E-state index in [2.05, 4.69) is 0 Å². The fourth-order valence-corrected chi connectivity index (χ4v) is 4.49. The largest absolute Gasteiger partial charge is 0.493 e. The number of barbiturate groups is 1. The SMILES string of the molecule is COc1ccc(CC2(C[NH+]3CCCCC3)C(=O)N(C)C(=O)N(C)C2=O)cc1OC. The van der Waals surface area contributed by atoms with Crippen molar-refractivity contribution in [2.24, 2.45) is 5.41 Å². The summed E-state index contributed by atoms with van der Waals surface area (Å²) < 4.78 is 10.7. The molecule has 0 aromatic heterocycles. The quantitative estimate of drug-likeness (QED) is 0.692. The van der Waals surface area contributed by atoms with Gasteiger partial charge in [0.2, 0.25) is 0 Å². The Morgan fingerprint density at radius 3 is 2.07 bits per heavy atom. The molecule has 29 heavy (non-hydrogen) atoms. The predicted octanol–water partition coefficient (Wildman–Crippen LogP) is 0.352. The molecule has 0 atom stereocenters. The molecule has 2 saturated heterocycles. The number of hydrogen-bond acceptors (Lipinski definition) is 5. The van der Waals surface area contributed by atoms with Crippen LogP contribution in [0.1, 0.15) is 24.8 Å². The number of rotatable bonds is 6. The summed E-state index contributed by atoms with van der Waals surface area (Å²) in [6.45, 7) is 2.23. The highest BCUT2D eigenvalue weighted by Gasteiger charge is 2.57. The fourth-order valence-electron chi connectivity index (χ4n) is 4.49. The highest BCUT2D eigenvalue weighted by atomic mass is 16.5. The molecule has 2 heterocycles. The Bertz CT molecular complexity index is 780. The molecule has 0 aliphatic carbocycles. The highest BCUT2D eigenvalue weighted by Crippen LogP contribution is 2.35. The van der Waals surface area contributed by atoms with Crippen molar-refractivity contribution >= 4 is 17.8 Å². The van der Waals surface area contributed by atoms with Crippen molar-refractivity contribution in [3.63, 3.8) is 0 Å². The van der Waals surface area contributed by atoms with E-state index < -0.39 is 23.3 Å². The number of piperidine rings is 1. The molecule has 2 aliphatic rings. The van der Waals surface area contributed by atoms with Gasteiger partial charge in [0.1, 0.15) is 6.54 Å². The van der Waals surface area contributed by atoms with Gasteiger partial charge in [-0.3, -0.25) is 19.4 Å². The van der Waals surface area contributed by atoms with Gasteiger partial charge >= 0.3 is 6.03 Å². The van der Waals surface area contributed by atoms with E-state index in [4.69, 9.17) is 9.47 Å². The van der Waals surface area contributed by atoms with Crippen molar-refractivity contribution in [2.45, 2.75) is 25.7 Å². The van der Waals surface area contributed by atoms with Gasteiger partial charge in [-0.25, -0.2) is 4.79 Å². The number of likely N-dealkylation sites (tertiary alicyclic amines) is 1. The number of nitrogens with one attached hydrogen (secondary N) is 1. The van der Waals surface area contributed by atoms with E-state index in [-0.39, 0.29) is 6.42 Å². The lowest BCUT2D eigenvalue weighted by Gasteiger charge is -2.43. The Hall–Kier alpha value is -2.61. The van der Waals surface area contributed by atoms with Crippen LogP contribution in [0.25, 0.3) is 0 Å². The number of carbonyl (C=O) groups is 3. The monoisotopic (exact) mass is 404 g/mol. The van der Waals surface area contributed by atoms with Gasteiger partial charge in [-0.15, -0.1) is 0 Å². The van der Waals surface area contributed by atoms with Crippen molar-refractivity contribution in [2.75, 3.05) is 47.9 Å². The van der Waals surface area contributed by atoms with Crippen LogP contribution >= 0.6 is 0 Å². The summed E-state index contributed by atoms with van der Waals surface area (Å²) in [5.74, 6) is 0.258. The van der Waals surface area contributed by atoms with Gasteiger partial charge in [0, 0.05) is 20.5 Å². The van der Waals surface area contributed by atoms with Crippen molar-refractivity contribution in [3.8, 4) is 11.5 Å². The third-order valence-electron chi connectivity index (χ3n) is 6.07. The van der Waals surface area contributed by atoms with E-state index in [1.807, 2.05) is 6.07 Å². The number of quaternary nitrogens is 1. The molecule has 1 aromatic carbocycles. The molecule has 0 saturated carbocycles. The van der Waals surface area contributed by atoms with E-state index >= 15 is 0 Å². The van der Waals surface area contributed by atoms with Gasteiger partial charge in [0.15, 0.2) is 16.9 Å². The smallest absolute Gasteiger partial charge is 0.332 e. The Labute approximate surface area is 171 Å². The Balaban J connectivity index is 2.02. The molecule has 1 aromatic rings. The average molecular weight is 404 g/mol. The zero-order valence-corrected chi connectivity index (χ0v) is 17.6. The number of urea groups is 1. The van der Waals surface area contributed by atoms with Crippen LogP contribution in [0.3, 0.4) is 0 Å². The van der Waals surface area contributed by atoms with Crippen LogP contribution in [0.2, 0.25) is 0 Å². The number of methoxy groups -OCH3 is 2. The highest BCUT2D eigenvalue weighted by molar-refractivity contribution is 6.19. The maximum absolute atomic E-state index is 13.4. The molecule has 158 valence electrons. The van der Waals surface area contributed by atoms with Crippen LogP contribution in [0, 0.1) is 5.41 Å². The van der Waals surface area contributed by atoms with Crippen molar-refractivity contribution in [1.29, 1.82) is 0 Å². The second kappa shape index (κ2) is 8.41. The summed E-state index contributed by atoms with van der Waals surface area (Å²) in [7, 11) is 6.00. The molecule has 8 nitrogen and oxygen atoms in total. The Morgan fingerprint density at radius 1 is 0.931 bits per heavy atom. The zero-order valence-electron chi connectivity index (χ0n) is 17.6. The Kier molecular flexibility index (Phi) is 6.12. The number of amides is 4. The minimum Gasteiger partial charge on any atom is -0.493 e. The third-order valence-corrected chi connectivity index (χ3v) is 6.07. The first kappa shape index (κ1) is 21.1. The summed E-state index contributed by atoms with van der Waals surface area (Å²) >= 11 is 0. The van der Waals surface area contributed by atoms with E-state index in [1.54, 1.807) is 26.4 Å². The van der Waals surface area contributed by atoms with E-state index in [1.165, 1.54) is 25.4 Å². The first-order chi connectivity index (χ1) is 13.8. The number of ether oxygens (including phenoxy) is 2. The number of imide groups is 2. The first-order valence-corrected chi connectivity index (χ1v) is 9.99. The maximum atomic E-state index is 13.4. The van der Waals surface area contributed by atoms with Gasteiger partial charge in [-0.05, 0) is 37.0 Å². The topological polar surface area (TPSA) is 80.6 Å². The normalized spacial score (nSPS) is 20.2. The summed E-state index contributed by atoms with van der Waals surface area (Å²) in [4.78, 5) is 42.4. The lowest BCUT2D eigenvalue weighted by molar-refractivity contribution is -0.909. The van der Waals surface area contributed by atoms with Gasteiger partial charge in [-0.1, -0.05) is 6.07 Å². The van der Waals surface area contributed by atoms with Gasteiger partial charge in [0.25, 0.3) is 11.8 Å². The molecule has 8 heteroatoms. The maximum Gasteiger partial charge on any atom is 0.332 e. The molecular weight excluding hydrogens is 374 g/mol.